The molecule has 0 aliphatic heterocycles. The molecule has 1 saturated carbocycles. The highest BCUT2D eigenvalue weighted by molar-refractivity contribution is 6.33. The Bertz CT molecular complexity index is 643. The van der Waals surface area contributed by atoms with Crippen LogP contribution in [0.25, 0.3) is 0 Å². The lowest BCUT2D eigenvalue weighted by atomic mass is 10.0. The van der Waals surface area contributed by atoms with Gasteiger partial charge in [-0.25, -0.2) is 0 Å². The molecule has 0 aromatic heterocycles. The van der Waals surface area contributed by atoms with Crippen LogP contribution < -0.4 is 5.32 Å². The molecular formula is C16H19ClN2O5. The van der Waals surface area contributed by atoms with Crippen molar-refractivity contribution in [2.24, 2.45) is 5.92 Å². The van der Waals surface area contributed by atoms with E-state index in [-0.39, 0.29) is 16.4 Å². The molecule has 0 bridgehead atoms. The summed E-state index contributed by atoms with van der Waals surface area (Å²) < 4.78 is 5.14. The molecule has 0 saturated heterocycles. The van der Waals surface area contributed by atoms with Gasteiger partial charge in [0.05, 0.1) is 15.6 Å². The number of hydrogen-bond acceptors (Lipinski definition) is 5. The summed E-state index contributed by atoms with van der Waals surface area (Å²) in [6, 6.07) is 3.72. The standard InChI is InChI=1S/C16H19ClN2O5/c1-10(24-15(20)8-11-4-2-3-5-11)16(21)18-14-9-12(19(22)23)6-7-13(14)17/h6-7,9-11H,2-5,8H2,1H3,(H,18,21)/t10-/m1/s1. The van der Waals surface area contributed by atoms with Gasteiger partial charge in [0, 0.05) is 18.6 Å². The molecule has 0 heterocycles. The summed E-state index contributed by atoms with van der Waals surface area (Å²) in [7, 11) is 0. The zero-order chi connectivity index (χ0) is 17.7. The van der Waals surface area contributed by atoms with E-state index in [4.69, 9.17) is 16.3 Å². The van der Waals surface area contributed by atoms with Crippen molar-refractivity contribution in [1.29, 1.82) is 0 Å². The van der Waals surface area contributed by atoms with Crippen LogP contribution in [0.1, 0.15) is 39.0 Å². The number of rotatable bonds is 6. The monoisotopic (exact) mass is 354 g/mol. The van der Waals surface area contributed by atoms with Gasteiger partial charge in [-0.3, -0.25) is 19.7 Å². The predicted molar refractivity (Wildman–Crippen MR) is 88.9 cm³/mol. The van der Waals surface area contributed by atoms with Crippen LogP contribution in [0, 0.1) is 16.0 Å². The second-order valence-electron chi connectivity index (χ2n) is 5.90. The summed E-state index contributed by atoms with van der Waals surface area (Å²) in [6.45, 7) is 1.45. The number of nitro benzene ring substituents is 1. The van der Waals surface area contributed by atoms with E-state index < -0.39 is 22.9 Å². The molecule has 1 aromatic carbocycles. The Morgan fingerprint density at radius 3 is 2.71 bits per heavy atom. The Hall–Kier alpha value is -2.15. The highest BCUT2D eigenvalue weighted by Crippen LogP contribution is 2.28. The Balaban J connectivity index is 1.92. The molecule has 1 aromatic rings. The fraction of sp³-hybridized carbons (Fsp3) is 0.500. The third-order valence-corrected chi connectivity index (χ3v) is 4.36. The molecule has 0 unspecified atom stereocenters. The lowest BCUT2D eigenvalue weighted by Crippen LogP contribution is -2.30. The van der Waals surface area contributed by atoms with E-state index in [2.05, 4.69) is 5.32 Å². The number of carbonyl (C=O) groups is 2. The van der Waals surface area contributed by atoms with Gasteiger partial charge in [0.1, 0.15) is 0 Å². The number of benzene rings is 1. The average molecular weight is 355 g/mol. The van der Waals surface area contributed by atoms with Gasteiger partial charge in [0.15, 0.2) is 6.10 Å². The molecule has 1 N–H and O–H groups in total. The minimum atomic E-state index is -1.01. The third-order valence-electron chi connectivity index (χ3n) is 4.03. The number of non-ortho nitro benzene ring substituents is 1. The summed E-state index contributed by atoms with van der Waals surface area (Å²) in [5.74, 6) is -0.661. The van der Waals surface area contributed by atoms with Crippen molar-refractivity contribution in [3.8, 4) is 0 Å². The average Bonchev–Trinajstić information content (AvgIpc) is 3.01. The number of esters is 1. The number of nitrogens with one attached hydrogen (secondary N) is 1. The molecule has 0 radical (unpaired) electrons. The highest BCUT2D eigenvalue weighted by atomic mass is 35.5. The van der Waals surface area contributed by atoms with Crippen molar-refractivity contribution in [1.82, 2.24) is 0 Å². The van der Waals surface area contributed by atoms with Crippen molar-refractivity contribution >= 4 is 34.9 Å². The number of anilines is 1. The Morgan fingerprint density at radius 2 is 2.08 bits per heavy atom. The molecule has 1 aliphatic rings. The molecule has 8 heteroatoms. The van der Waals surface area contributed by atoms with Gasteiger partial charge in [-0.05, 0) is 31.7 Å². The lowest BCUT2D eigenvalue weighted by molar-refractivity contribution is -0.384. The van der Waals surface area contributed by atoms with E-state index in [9.17, 15) is 19.7 Å². The molecule has 2 rings (SSSR count). The SMILES string of the molecule is C[C@@H](OC(=O)CC1CCCC1)C(=O)Nc1cc([N+](=O)[O-])ccc1Cl. The van der Waals surface area contributed by atoms with Crippen LogP contribution in [0.3, 0.4) is 0 Å². The number of nitrogens with zero attached hydrogens (tertiary/aromatic N) is 1. The fourth-order valence-electron chi connectivity index (χ4n) is 2.71. The summed E-state index contributed by atoms with van der Waals surface area (Å²) in [5.41, 5.74) is -0.0878. The normalized spacial score (nSPS) is 15.8. The summed E-state index contributed by atoms with van der Waals surface area (Å²) >= 11 is 5.92. The Kier molecular flexibility index (Phi) is 6.14. The molecule has 1 atom stereocenters. The number of carbonyl (C=O) groups excluding carboxylic acids is 2. The zero-order valence-electron chi connectivity index (χ0n) is 13.3. The molecule has 7 nitrogen and oxygen atoms in total. The van der Waals surface area contributed by atoms with Gasteiger partial charge in [0.25, 0.3) is 11.6 Å². The van der Waals surface area contributed by atoms with Crippen LogP contribution in [0.2, 0.25) is 5.02 Å². The maximum atomic E-state index is 12.1. The van der Waals surface area contributed by atoms with E-state index >= 15 is 0 Å². The van der Waals surface area contributed by atoms with E-state index in [1.807, 2.05) is 0 Å². The molecular weight excluding hydrogens is 336 g/mol. The van der Waals surface area contributed by atoms with Gasteiger partial charge in [-0.2, -0.15) is 0 Å². The van der Waals surface area contributed by atoms with Crippen molar-refractivity contribution in [2.45, 2.75) is 45.1 Å². The summed E-state index contributed by atoms with van der Waals surface area (Å²) in [5, 5.41) is 13.4. The van der Waals surface area contributed by atoms with Gasteiger partial charge >= 0.3 is 5.97 Å². The first kappa shape index (κ1) is 18.2. The highest BCUT2D eigenvalue weighted by Gasteiger charge is 2.23. The first-order chi connectivity index (χ1) is 11.4. The van der Waals surface area contributed by atoms with Crippen LogP contribution in [0.4, 0.5) is 11.4 Å². The molecule has 1 aliphatic carbocycles. The number of ether oxygens (including phenoxy) is 1. The van der Waals surface area contributed by atoms with Crippen molar-refractivity contribution < 1.29 is 19.2 Å². The first-order valence-electron chi connectivity index (χ1n) is 7.81. The minimum Gasteiger partial charge on any atom is -0.453 e. The topological polar surface area (TPSA) is 98.5 Å². The quantitative estimate of drug-likeness (QED) is 0.477. The number of amides is 1. The van der Waals surface area contributed by atoms with Crippen LogP contribution in [-0.2, 0) is 14.3 Å². The minimum absolute atomic E-state index is 0.106. The molecule has 0 spiro atoms. The molecule has 24 heavy (non-hydrogen) atoms. The lowest BCUT2D eigenvalue weighted by Gasteiger charge is -2.15. The summed E-state index contributed by atoms with van der Waals surface area (Å²) in [4.78, 5) is 34.1. The van der Waals surface area contributed by atoms with E-state index in [1.54, 1.807) is 0 Å². The van der Waals surface area contributed by atoms with Crippen LogP contribution >= 0.6 is 11.6 Å². The second kappa shape index (κ2) is 8.10. The Labute approximate surface area is 144 Å². The second-order valence-corrected chi connectivity index (χ2v) is 6.30. The van der Waals surface area contributed by atoms with Crippen molar-refractivity contribution in [3.63, 3.8) is 0 Å². The van der Waals surface area contributed by atoms with Crippen LogP contribution in [0.15, 0.2) is 18.2 Å². The van der Waals surface area contributed by atoms with E-state index in [0.717, 1.165) is 31.7 Å². The van der Waals surface area contributed by atoms with E-state index in [0.29, 0.717) is 12.3 Å². The maximum absolute atomic E-state index is 12.1. The van der Waals surface area contributed by atoms with Gasteiger partial charge < -0.3 is 10.1 Å². The van der Waals surface area contributed by atoms with Gasteiger partial charge in [-0.1, -0.05) is 24.4 Å². The Morgan fingerprint density at radius 1 is 1.42 bits per heavy atom. The maximum Gasteiger partial charge on any atom is 0.306 e. The molecule has 130 valence electrons. The van der Waals surface area contributed by atoms with E-state index in [1.165, 1.54) is 19.1 Å². The number of hydrogen-bond donors (Lipinski definition) is 1. The van der Waals surface area contributed by atoms with Crippen LogP contribution in [0.5, 0.6) is 0 Å². The number of halogens is 1. The van der Waals surface area contributed by atoms with Gasteiger partial charge in [-0.15, -0.1) is 0 Å². The van der Waals surface area contributed by atoms with Gasteiger partial charge in [0.2, 0.25) is 0 Å². The smallest absolute Gasteiger partial charge is 0.306 e. The first-order valence-corrected chi connectivity index (χ1v) is 8.19. The van der Waals surface area contributed by atoms with Crippen molar-refractivity contribution in [3.05, 3.63) is 33.3 Å². The third kappa shape index (κ3) is 4.92. The predicted octanol–water partition coefficient (Wildman–Crippen LogP) is 3.70. The summed E-state index contributed by atoms with van der Waals surface area (Å²) in [6.07, 6.45) is 3.58. The molecule has 1 amide bonds. The fourth-order valence-corrected chi connectivity index (χ4v) is 2.87. The van der Waals surface area contributed by atoms with Crippen molar-refractivity contribution in [2.75, 3.05) is 5.32 Å². The zero-order valence-corrected chi connectivity index (χ0v) is 14.0. The number of nitro groups is 1. The largest absolute Gasteiger partial charge is 0.453 e. The van der Waals surface area contributed by atoms with Crippen LogP contribution in [-0.4, -0.2) is 22.9 Å². The molecule has 1 fully saturated rings.